The maximum absolute atomic E-state index is 11.8. The lowest BCUT2D eigenvalue weighted by Crippen LogP contribution is -2.46. The summed E-state index contributed by atoms with van der Waals surface area (Å²) >= 11 is 0. The number of hydrogen-bond donors (Lipinski definition) is 2. The van der Waals surface area contributed by atoms with E-state index < -0.39 is 15.9 Å². The Morgan fingerprint density at radius 3 is 2.77 bits per heavy atom. The van der Waals surface area contributed by atoms with Gasteiger partial charge in [-0.15, -0.1) is 0 Å². The van der Waals surface area contributed by atoms with Crippen LogP contribution in [0.1, 0.15) is 18.9 Å². The number of aromatic nitrogens is 1. The van der Waals surface area contributed by atoms with Gasteiger partial charge in [0.2, 0.25) is 16.0 Å². The molecule has 1 aromatic heterocycles. The number of ether oxygens (including phenoxy) is 2. The quantitative estimate of drug-likeness (QED) is 0.587. The van der Waals surface area contributed by atoms with Gasteiger partial charge < -0.3 is 14.8 Å². The number of aliphatic imine (C=N–C) groups is 1. The topological polar surface area (TPSA) is 102 Å². The molecule has 0 radical (unpaired) electrons. The summed E-state index contributed by atoms with van der Waals surface area (Å²) < 4.78 is 38.4. The first-order valence-electron chi connectivity index (χ1n) is 9.50. The van der Waals surface area contributed by atoms with Crippen molar-refractivity contribution in [1.82, 2.24) is 9.71 Å². The second-order valence-electron chi connectivity index (χ2n) is 6.90. The highest BCUT2D eigenvalue weighted by molar-refractivity contribution is 7.89. The van der Waals surface area contributed by atoms with Gasteiger partial charge in [-0.2, -0.15) is 4.99 Å². The van der Waals surface area contributed by atoms with Crippen molar-refractivity contribution in [2.75, 3.05) is 18.2 Å². The Labute approximate surface area is 175 Å². The summed E-state index contributed by atoms with van der Waals surface area (Å²) in [7, 11) is -3.56. The van der Waals surface area contributed by atoms with Crippen LogP contribution in [0.3, 0.4) is 0 Å². The van der Waals surface area contributed by atoms with E-state index in [9.17, 15) is 8.42 Å². The molecule has 1 unspecified atom stereocenters. The number of fused-ring (bicyclic) bond motifs is 2. The molecule has 9 heteroatoms. The summed E-state index contributed by atoms with van der Waals surface area (Å²) in [5, 5.41) is 3.96. The molecule has 0 saturated heterocycles. The lowest BCUT2D eigenvalue weighted by Gasteiger charge is -2.35. The van der Waals surface area contributed by atoms with Crippen molar-refractivity contribution in [2.45, 2.75) is 19.3 Å². The van der Waals surface area contributed by atoms with Crippen LogP contribution in [0.4, 0.5) is 5.69 Å². The van der Waals surface area contributed by atoms with Crippen LogP contribution < -0.4 is 14.8 Å². The third kappa shape index (κ3) is 4.22. The smallest absolute Gasteiger partial charge is 0.346 e. The average molecular weight is 426 g/mol. The second kappa shape index (κ2) is 7.92. The lowest BCUT2D eigenvalue weighted by atomic mass is 10.1. The van der Waals surface area contributed by atoms with Gasteiger partial charge in [0.25, 0.3) is 0 Å². The molecule has 3 aromatic rings. The summed E-state index contributed by atoms with van der Waals surface area (Å²) in [6, 6.07) is 16.7. The first-order chi connectivity index (χ1) is 14.4. The van der Waals surface area contributed by atoms with E-state index in [1.54, 1.807) is 12.3 Å². The van der Waals surface area contributed by atoms with E-state index >= 15 is 0 Å². The second-order valence-corrected chi connectivity index (χ2v) is 8.64. The molecule has 2 aromatic carbocycles. The average Bonchev–Trinajstić information content (AvgIpc) is 2.71. The molecule has 156 valence electrons. The van der Waals surface area contributed by atoms with E-state index in [-0.39, 0.29) is 5.96 Å². The Bertz CT molecular complexity index is 1210. The monoisotopic (exact) mass is 426 g/mol. The number of hydrogen-bond acceptors (Lipinski definition) is 7. The first-order valence-corrected chi connectivity index (χ1v) is 11.4. The van der Waals surface area contributed by atoms with E-state index in [0.717, 1.165) is 23.6 Å². The number of pyridine rings is 1. The van der Waals surface area contributed by atoms with E-state index in [2.05, 4.69) is 20.0 Å². The van der Waals surface area contributed by atoms with Crippen molar-refractivity contribution in [1.29, 1.82) is 0 Å². The fraction of sp³-hybridized carbons (Fsp3) is 0.238. The van der Waals surface area contributed by atoms with Crippen molar-refractivity contribution in [3.63, 3.8) is 0 Å². The predicted molar refractivity (Wildman–Crippen MR) is 116 cm³/mol. The highest BCUT2D eigenvalue weighted by Gasteiger charge is 2.42. The molecule has 0 saturated carbocycles. The minimum atomic E-state index is -3.56. The Kier molecular flexibility index (Phi) is 5.31. The van der Waals surface area contributed by atoms with Gasteiger partial charge in [0, 0.05) is 17.6 Å². The van der Waals surface area contributed by atoms with Crippen LogP contribution >= 0.6 is 0 Å². The Balaban J connectivity index is 1.83. The van der Waals surface area contributed by atoms with Crippen molar-refractivity contribution in [3.8, 4) is 5.75 Å². The number of anilines is 1. The maximum atomic E-state index is 11.8. The van der Waals surface area contributed by atoms with Gasteiger partial charge in [-0.05, 0) is 36.8 Å². The molecule has 8 nitrogen and oxygen atoms in total. The highest BCUT2D eigenvalue weighted by atomic mass is 32.2. The minimum Gasteiger partial charge on any atom is -0.439 e. The minimum absolute atomic E-state index is 0.0196. The molecule has 2 heterocycles. The van der Waals surface area contributed by atoms with E-state index in [4.69, 9.17) is 9.47 Å². The molecule has 30 heavy (non-hydrogen) atoms. The molecule has 1 aliphatic rings. The lowest BCUT2D eigenvalue weighted by molar-refractivity contribution is -0.186. The normalized spacial score (nSPS) is 18.3. The molecule has 1 aliphatic heterocycles. The fourth-order valence-corrected chi connectivity index (χ4v) is 3.63. The summed E-state index contributed by atoms with van der Waals surface area (Å²) in [6.07, 6.45) is 3.49. The maximum Gasteiger partial charge on any atom is 0.346 e. The number of nitrogens with zero attached hydrogens (tertiary/aromatic N) is 2. The molecule has 4 rings (SSSR count). The Morgan fingerprint density at radius 1 is 1.13 bits per heavy atom. The fourth-order valence-electron chi connectivity index (χ4n) is 3.18. The van der Waals surface area contributed by atoms with E-state index in [1.165, 1.54) is 0 Å². The summed E-state index contributed by atoms with van der Waals surface area (Å²) in [5.41, 5.74) is 2.04. The first kappa shape index (κ1) is 20.1. The van der Waals surface area contributed by atoms with Gasteiger partial charge in [0.1, 0.15) is 5.75 Å². The third-order valence-electron chi connectivity index (χ3n) is 4.40. The summed E-state index contributed by atoms with van der Waals surface area (Å²) in [5.74, 6) is -1.05. The van der Waals surface area contributed by atoms with Crippen LogP contribution in [-0.2, 0) is 20.7 Å². The van der Waals surface area contributed by atoms with Gasteiger partial charge in [0.15, 0.2) is 0 Å². The zero-order valence-corrected chi connectivity index (χ0v) is 17.4. The molecule has 0 amide bonds. The zero-order valence-electron chi connectivity index (χ0n) is 16.6. The summed E-state index contributed by atoms with van der Waals surface area (Å²) in [4.78, 5) is 8.87. The van der Waals surface area contributed by atoms with Gasteiger partial charge in [0.05, 0.1) is 29.6 Å². The molecule has 0 fully saturated rings. The zero-order chi connectivity index (χ0) is 21.2. The molecule has 2 N–H and O–H groups in total. The number of rotatable bonds is 6. The number of guanidine groups is 1. The largest absolute Gasteiger partial charge is 0.439 e. The number of benzene rings is 2. The molecule has 1 atom stereocenters. The predicted octanol–water partition coefficient (Wildman–Crippen LogP) is 3.18. The Morgan fingerprint density at radius 2 is 1.97 bits per heavy atom. The van der Waals surface area contributed by atoms with Crippen LogP contribution in [0.2, 0.25) is 0 Å². The van der Waals surface area contributed by atoms with Gasteiger partial charge in [-0.3, -0.25) is 9.71 Å². The van der Waals surface area contributed by atoms with Crippen LogP contribution in [-0.4, -0.2) is 32.2 Å². The van der Waals surface area contributed by atoms with Crippen LogP contribution in [0.5, 0.6) is 5.75 Å². The van der Waals surface area contributed by atoms with Gasteiger partial charge in [-0.1, -0.05) is 25.1 Å². The highest BCUT2D eigenvalue weighted by Crippen LogP contribution is 2.39. The molecular weight excluding hydrogens is 404 g/mol. The Hall–Kier alpha value is -3.17. The van der Waals surface area contributed by atoms with Crippen molar-refractivity contribution in [2.24, 2.45) is 4.99 Å². The van der Waals surface area contributed by atoms with Crippen LogP contribution in [0.25, 0.3) is 10.9 Å². The standard InChI is InChI=1S/C21H22N4O4S/c1-3-13-28-21(29-16-11-10-15-7-6-12-22-19(15)14-16)17-8-4-5-9-18(17)23-20(24-21)25-30(2,26)27/h4-12,14H,3,13H2,1-2H3,(H2,23,24,25). The van der Waals surface area contributed by atoms with Crippen molar-refractivity contribution in [3.05, 3.63) is 66.4 Å². The third-order valence-corrected chi connectivity index (χ3v) is 4.96. The summed E-state index contributed by atoms with van der Waals surface area (Å²) in [6.45, 7) is 2.33. The number of nitrogens with one attached hydrogen (secondary N) is 2. The molecule has 0 aliphatic carbocycles. The molecular formula is C21H22N4O4S. The molecule has 0 spiro atoms. The number of sulfonamides is 1. The number of para-hydroxylation sites is 1. The van der Waals surface area contributed by atoms with Crippen molar-refractivity contribution < 1.29 is 17.9 Å². The van der Waals surface area contributed by atoms with Crippen LogP contribution in [0, 0.1) is 0 Å². The van der Waals surface area contributed by atoms with Gasteiger partial charge >= 0.3 is 5.91 Å². The SMILES string of the molecule is CCCOC1(Oc2ccc3cccnc3c2)N=C(NS(C)(=O)=O)Nc2ccccc21. The molecule has 0 bridgehead atoms. The van der Waals surface area contributed by atoms with Crippen molar-refractivity contribution >= 4 is 32.6 Å². The van der Waals surface area contributed by atoms with E-state index in [0.29, 0.717) is 23.6 Å². The van der Waals surface area contributed by atoms with Gasteiger partial charge in [-0.25, -0.2) is 8.42 Å². The van der Waals surface area contributed by atoms with E-state index in [1.807, 2.05) is 55.5 Å². The van der Waals surface area contributed by atoms with Crippen LogP contribution in [0.15, 0.2) is 65.8 Å².